The topological polar surface area (TPSA) is 82.2 Å². The number of halogens is 1. The Kier molecular flexibility index (Phi) is 7.04. The van der Waals surface area contributed by atoms with Gasteiger partial charge >= 0.3 is 0 Å². The molecule has 2 heterocycles. The van der Waals surface area contributed by atoms with Gasteiger partial charge < -0.3 is 15.0 Å². The Balaban J connectivity index is 1.33. The van der Waals surface area contributed by atoms with Crippen molar-refractivity contribution in [2.24, 2.45) is 0 Å². The summed E-state index contributed by atoms with van der Waals surface area (Å²) in [6, 6.07) is 12.7. The van der Waals surface area contributed by atoms with Crippen LogP contribution in [0.4, 0.5) is 15.8 Å². The van der Waals surface area contributed by atoms with E-state index in [1.807, 2.05) is 29.2 Å². The predicted octanol–water partition coefficient (Wildman–Crippen LogP) is 1.61. The standard InChI is InChI=1S/C22H27FN4O4S/c23-18-4-3-5-19(16-18)32(29,30)27-10-8-25(9-11-27)17-22(28)24-20-6-1-2-7-21(20)26-12-14-31-15-13-26/h1-7,16H,8-15,17H2,(H,24,28). The summed E-state index contributed by atoms with van der Waals surface area (Å²) in [5, 5.41) is 2.99. The van der Waals surface area contributed by atoms with Crippen molar-refractivity contribution in [3.63, 3.8) is 0 Å². The van der Waals surface area contributed by atoms with Crippen LogP contribution in [0, 0.1) is 5.82 Å². The van der Waals surface area contributed by atoms with E-state index in [2.05, 4.69) is 10.2 Å². The fourth-order valence-corrected chi connectivity index (χ4v) is 5.41. The van der Waals surface area contributed by atoms with Crippen molar-refractivity contribution < 1.29 is 22.3 Å². The van der Waals surface area contributed by atoms with Crippen LogP contribution in [0.1, 0.15) is 0 Å². The van der Waals surface area contributed by atoms with Gasteiger partial charge in [-0.2, -0.15) is 4.31 Å². The molecule has 1 N–H and O–H groups in total. The molecular formula is C22H27FN4O4S. The molecule has 0 bridgehead atoms. The van der Waals surface area contributed by atoms with E-state index in [-0.39, 0.29) is 30.4 Å². The summed E-state index contributed by atoms with van der Waals surface area (Å²) in [6.07, 6.45) is 0. The highest BCUT2D eigenvalue weighted by Crippen LogP contribution is 2.26. The number of ether oxygens (including phenoxy) is 1. The molecule has 2 fully saturated rings. The summed E-state index contributed by atoms with van der Waals surface area (Å²) >= 11 is 0. The molecule has 10 heteroatoms. The summed E-state index contributed by atoms with van der Waals surface area (Å²) < 4.78 is 45.7. The second-order valence-corrected chi connectivity index (χ2v) is 9.74. The van der Waals surface area contributed by atoms with Gasteiger partial charge in [-0.15, -0.1) is 0 Å². The van der Waals surface area contributed by atoms with E-state index in [9.17, 15) is 17.6 Å². The number of amides is 1. The molecule has 0 radical (unpaired) electrons. The fourth-order valence-electron chi connectivity index (χ4n) is 3.96. The van der Waals surface area contributed by atoms with E-state index in [0.29, 0.717) is 26.3 Å². The van der Waals surface area contributed by atoms with E-state index in [0.717, 1.165) is 30.5 Å². The first-order chi connectivity index (χ1) is 15.4. The van der Waals surface area contributed by atoms with Gasteiger partial charge in [0.1, 0.15) is 5.82 Å². The Labute approximate surface area is 187 Å². The summed E-state index contributed by atoms with van der Waals surface area (Å²) in [4.78, 5) is 16.7. The predicted molar refractivity (Wildman–Crippen MR) is 120 cm³/mol. The molecule has 2 aliphatic rings. The number of nitrogens with zero attached hydrogens (tertiary/aromatic N) is 3. The highest BCUT2D eigenvalue weighted by atomic mass is 32.2. The van der Waals surface area contributed by atoms with Gasteiger partial charge in [0, 0.05) is 39.3 Å². The lowest BCUT2D eigenvalue weighted by Crippen LogP contribution is -2.50. The number of para-hydroxylation sites is 2. The summed E-state index contributed by atoms with van der Waals surface area (Å²) in [6.45, 7) is 4.37. The van der Waals surface area contributed by atoms with Gasteiger partial charge in [-0.3, -0.25) is 9.69 Å². The van der Waals surface area contributed by atoms with Gasteiger partial charge in [0.25, 0.3) is 0 Å². The number of rotatable bonds is 6. The lowest BCUT2D eigenvalue weighted by Gasteiger charge is -2.34. The quantitative estimate of drug-likeness (QED) is 0.703. The number of hydrogen-bond acceptors (Lipinski definition) is 6. The van der Waals surface area contributed by atoms with Crippen LogP contribution >= 0.6 is 0 Å². The third kappa shape index (κ3) is 5.26. The van der Waals surface area contributed by atoms with E-state index in [1.54, 1.807) is 0 Å². The Bertz CT molecular complexity index is 1050. The molecular weight excluding hydrogens is 435 g/mol. The molecule has 8 nitrogen and oxygen atoms in total. The Hall–Kier alpha value is -2.53. The number of piperazine rings is 1. The van der Waals surface area contributed by atoms with Crippen LogP contribution < -0.4 is 10.2 Å². The molecule has 2 aromatic carbocycles. The maximum atomic E-state index is 13.5. The number of anilines is 2. The minimum Gasteiger partial charge on any atom is -0.378 e. The summed E-state index contributed by atoms with van der Waals surface area (Å²) in [5.41, 5.74) is 1.72. The van der Waals surface area contributed by atoms with Crippen molar-refractivity contribution in [3.8, 4) is 0 Å². The van der Waals surface area contributed by atoms with E-state index in [4.69, 9.17) is 4.74 Å². The second-order valence-electron chi connectivity index (χ2n) is 7.80. The van der Waals surface area contributed by atoms with Crippen molar-refractivity contribution in [2.45, 2.75) is 4.90 Å². The molecule has 0 aromatic heterocycles. The Morgan fingerprint density at radius 3 is 2.41 bits per heavy atom. The molecule has 0 spiro atoms. The van der Waals surface area contributed by atoms with Crippen LogP contribution in [0.3, 0.4) is 0 Å². The average Bonchev–Trinajstić information content (AvgIpc) is 2.80. The smallest absolute Gasteiger partial charge is 0.243 e. The van der Waals surface area contributed by atoms with E-state index >= 15 is 0 Å². The largest absolute Gasteiger partial charge is 0.378 e. The van der Waals surface area contributed by atoms with Crippen molar-refractivity contribution in [1.82, 2.24) is 9.21 Å². The highest BCUT2D eigenvalue weighted by Gasteiger charge is 2.29. The van der Waals surface area contributed by atoms with Crippen LogP contribution in [0.25, 0.3) is 0 Å². The molecule has 2 saturated heterocycles. The second kappa shape index (κ2) is 9.95. The van der Waals surface area contributed by atoms with Crippen LogP contribution in [0.5, 0.6) is 0 Å². The number of sulfonamides is 1. The third-order valence-corrected chi connectivity index (χ3v) is 7.56. The molecule has 1 amide bonds. The number of carbonyl (C=O) groups excluding carboxylic acids is 1. The van der Waals surface area contributed by atoms with Crippen molar-refractivity contribution in [1.29, 1.82) is 0 Å². The minimum atomic E-state index is -3.75. The molecule has 0 unspecified atom stereocenters. The lowest BCUT2D eigenvalue weighted by atomic mass is 10.2. The molecule has 2 aliphatic heterocycles. The van der Waals surface area contributed by atoms with Crippen LogP contribution in [0.15, 0.2) is 53.4 Å². The Morgan fingerprint density at radius 1 is 0.969 bits per heavy atom. The first-order valence-electron chi connectivity index (χ1n) is 10.6. The number of nitrogens with one attached hydrogen (secondary N) is 1. The van der Waals surface area contributed by atoms with E-state index < -0.39 is 15.8 Å². The molecule has 4 rings (SSSR count). The van der Waals surface area contributed by atoms with Crippen molar-refractivity contribution in [2.75, 3.05) is 69.2 Å². The van der Waals surface area contributed by atoms with Crippen LogP contribution in [0.2, 0.25) is 0 Å². The molecule has 0 atom stereocenters. The normalized spacial score (nSPS) is 18.5. The van der Waals surface area contributed by atoms with Gasteiger partial charge in [-0.1, -0.05) is 18.2 Å². The molecule has 172 valence electrons. The SMILES string of the molecule is O=C(CN1CCN(S(=O)(=O)c2cccc(F)c2)CC1)Nc1ccccc1N1CCOCC1. The molecule has 0 saturated carbocycles. The van der Waals surface area contributed by atoms with Crippen molar-refractivity contribution in [3.05, 3.63) is 54.3 Å². The Morgan fingerprint density at radius 2 is 1.69 bits per heavy atom. The molecule has 32 heavy (non-hydrogen) atoms. The minimum absolute atomic E-state index is 0.0524. The maximum Gasteiger partial charge on any atom is 0.243 e. The zero-order valence-electron chi connectivity index (χ0n) is 17.7. The van der Waals surface area contributed by atoms with Crippen molar-refractivity contribution >= 4 is 27.3 Å². The van der Waals surface area contributed by atoms with Gasteiger partial charge in [0.15, 0.2) is 0 Å². The third-order valence-electron chi connectivity index (χ3n) is 5.66. The number of hydrogen-bond donors (Lipinski definition) is 1. The number of morpholine rings is 1. The van der Waals surface area contributed by atoms with Crippen LogP contribution in [-0.4, -0.2) is 82.6 Å². The van der Waals surface area contributed by atoms with Gasteiger partial charge in [0.2, 0.25) is 15.9 Å². The summed E-state index contributed by atoms with van der Waals surface area (Å²) in [5.74, 6) is -0.731. The van der Waals surface area contributed by atoms with Gasteiger partial charge in [-0.25, -0.2) is 12.8 Å². The van der Waals surface area contributed by atoms with E-state index in [1.165, 1.54) is 22.5 Å². The number of carbonyl (C=O) groups is 1. The highest BCUT2D eigenvalue weighted by molar-refractivity contribution is 7.89. The first kappa shape index (κ1) is 22.7. The summed E-state index contributed by atoms with van der Waals surface area (Å²) in [7, 11) is -3.75. The fraction of sp³-hybridized carbons (Fsp3) is 0.409. The molecule has 0 aliphatic carbocycles. The lowest BCUT2D eigenvalue weighted by molar-refractivity contribution is -0.117. The zero-order valence-corrected chi connectivity index (χ0v) is 18.6. The average molecular weight is 463 g/mol. The van der Waals surface area contributed by atoms with Gasteiger partial charge in [-0.05, 0) is 30.3 Å². The first-order valence-corrected chi connectivity index (χ1v) is 12.1. The van der Waals surface area contributed by atoms with Crippen LogP contribution in [-0.2, 0) is 19.6 Å². The molecule has 2 aromatic rings. The zero-order chi connectivity index (χ0) is 22.6. The monoisotopic (exact) mass is 462 g/mol. The maximum absolute atomic E-state index is 13.5. The number of benzene rings is 2. The van der Waals surface area contributed by atoms with Gasteiger partial charge in [0.05, 0.1) is 36.0 Å².